The summed E-state index contributed by atoms with van der Waals surface area (Å²) in [5, 5.41) is 4.33. The Hall–Kier alpha value is -1.86. The van der Waals surface area contributed by atoms with E-state index in [2.05, 4.69) is 10.3 Å². The predicted octanol–water partition coefficient (Wildman–Crippen LogP) is 2.56. The lowest BCUT2D eigenvalue weighted by Crippen LogP contribution is -2.25. The van der Waals surface area contributed by atoms with E-state index in [-0.39, 0.29) is 22.2 Å². The van der Waals surface area contributed by atoms with Gasteiger partial charge in [0.05, 0.1) is 5.56 Å². The van der Waals surface area contributed by atoms with E-state index in [4.69, 9.17) is 5.73 Å². The summed E-state index contributed by atoms with van der Waals surface area (Å²) in [7, 11) is 0. The maximum absolute atomic E-state index is 13.6. The number of carbonyl (C=O) groups excluding carboxylic acids is 1. The molecule has 0 aliphatic rings. The molecule has 0 atom stereocenters. The third-order valence-corrected chi connectivity index (χ3v) is 3.69. The maximum Gasteiger partial charge on any atom is 0.270 e. The van der Waals surface area contributed by atoms with Crippen molar-refractivity contribution in [2.45, 2.75) is 12.8 Å². The lowest BCUT2D eigenvalue weighted by atomic mass is 10.2. The molecule has 0 fully saturated rings. The van der Waals surface area contributed by atoms with Crippen LogP contribution in [0.25, 0.3) is 10.6 Å². The molecule has 1 aromatic heterocycles. The monoisotopic (exact) mass is 311 g/mol. The van der Waals surface area contributed by atoms with Crippen LogP contribution in [0.15, 0.2) is 23.6 Å². The number of hydrogen-bond donors (Lipinski definition) is 2. The minimum atomic E-state index is -0.695. The van der Waals surface area contributed by atoms with Crippen LogP contribution in [-0.2, 0) is 0 Å². The summed E-state index contributed by atoms with van der Waals surface area (Å²) in [6.45, 7) is 1.07. The average molecular weight is 311 g/mol. The number of halogens is 2. The van der Waals surface area contributed by atoms with E-state index in [0.29, 0.717) is 13.1 Å². The van der Waals surface area contributed by atoms with Gasteiger partial charge in [0.1, 0.15) is 22.3 Å². The molecule has 1 heterocycles. The number of hydrogen-bond acceptors (Lipinski definition) is 4. The van der Waals surface area contributed by atoms with Gasteiger partial charge in [-0.05, 0) is 31.5 Å². The van der Waals surface area contributed by atoms with Gasteiger partial charge >= 0.3 is 0 Å². The minimum Gasteiger partial charge on any atom is -0.351 e. The molecule has 4 nitrogen and oxygen atoms in total. The molecular formula is C14H15F2N3OS. The fourth-order valence-electron chi connectivity index (χ4n) is 1.76. The van der Waals surface area contributed by atoms with Gasteiger partial charge in [0, 0.05) is 11.9 Å². The molecule has 0 aliphatic heterocycles. The Bertz CT molecular complexity index is 610. The molecule has 21 heavy (non-hydrogen) atoms. The molecule has 112 valence electrons. The molecule has 3 N–H and O–H groups in total. The smallest absolute Gasteiger partial charge is 0.270 e. The molecule has 0 bridgehead atoms. The maximum atomic E-state index is 13.6. The first kappa shape index (κ1) is 15.5. The number of rotatable bonds is 6. The third-order valence-electron chi connectivity index (χ3n) is 2.83. The Morgan fingerprint density at radius 1 is 1.29 bits per heavy atom. The van der Waals surface area contributed by atoms with Gasteiger partial charge in [0.2, 0.25) is 0 Å². The van der Waals surface area contributed by atoms with E-state index >= 15 is 0 Å². The highest BCUT2D eigenvalue weighted by atomic mass is 32.1. The van der Waals surface area contributed by atoms with E-state index in [1.165, 1.54) is 11.4 Å². The highest BCUT2D eigenvalue weighted by Gasteiger charge is 2.17. The van der Waals surface area contributed by atoms with Crippen LogP contribution in [-0.4, -0.2) is 24.0 Å². The predicted molar refractivity (Wildman–Crippen MR) is 78.1 cm³/mol. The van der Waals surface area contributed by atoms with E-state index in [1.807, 2.05) is 0 Å². The van der Waals surface area contributed by atoms with Crippen LogP contribution in [0.1, 0.15) is 23.3 Å². The molecule has 0 unspecified atom stereocenters. The van der Waals surface area contributed by atoms with Gasteiger partial charge in [0.25, 0.3) is 5.91 Å². The van der Waals surface area contributed by atoms with Crippen molar-refractivity contribution >= 4 is 17.2 Å². The second-order valence-corrected chi connectivity index (χ2v) is 5.24. The highest BCUT2D eigenvalue weighted by molar-refractivity contribution is 7.13. The molecule has 2 rings (SSSR count). The number of thiazole rings is 1. The fourth-order valence-corrected chi connectivity index (χ4v) is 2.60. The van der Waals surface area contributed by atoms with E-state index in [1.54, 1.807) is 0 Å². The molecule has 0 aliphatic carbocycles. The van der Waals surface area contributed by atoms with Gasteiger partial charge in [0.15, 0.2) is 0 Å². The van der Waals surface area contributed by atoms with Gasteiger partial charge < -0.3 is 11.1 Å². The Kier molecular flexibility index (Phi) is 5.35. The second-order valence-electron chi connectivity index (χ2n) is 4.39. The van der Waals surface area contributed by atoms with Crippen LogP contribution in [0.5, 0.6) is 0 Å². The number of nitrogens with two attached hydrogens (primary N) is 1. The van der Waals surface area contributed by atoms with E-state index in [0.717, 1.165) is 36.3 Å². The zero-order valence-corrected chi connectivity index (χ0v) is 12.1. The summed E-state index contributed by atoms with van der Waals surface area (Å²) in [5.74, 6) is -1.75. The quantitative estimate of drug-likeness (QED) is 0.806. The van der Waals surface area contributed by atoms with Crippen LogP contribution < -0.4 is 11.1 Å². The molecule has 0 saturated heterocycles. The Morgan fingerprint density at radius 3 is 2.67 bits per heavy atom. The van der Waals surface area contributed by atoms with E-state index < -0.39 is 11.6 Å². The van der Waals surface area contributed by atoms with Crippen LogP contribution >= 0.6 is 11.3 Å². The van der Waals surface area contributed by atoms with Crippen LogP contribution in [0.4, 0.5) is 8.78 Å². The molecule has 7 heteroatoms. The fraction of sp³-hybridized carbons (Fsp3) is 0.286. The normalized spacial score (nSPS) is 10.6. The third kappa shape index (κ3) is 3.83. The van der Waals surface area contributed by atoms with Crippen molar-refractivity contribution in [1.29, 1.82) is 0 Å². The van der Waals surface area contributed by atoms with Gasteiger partial charge in [-0.2, -0.15) is 0 Å². The Balaban J connectivity index is 2.09. The summed E-state index contributed by atoms with van der Waals surface area (Å²) >= 11 is 1.03. The molecule has 0 spiro atoms. The average Bonchev–Trinajstić information content (AvgIpc) is 2.93. The molecule has 1 amide bonds. The van der Waals surface area contributed by atoms with E-state index in [9.17, 15) is 13.6 Å². The van der Waals surface area contributed by atoms with Crippen molar-refractivity contribution < 1.29 is 13.6 Å². The lowest BCUT2D eigenvalue weighted by Gasteiger charge is -2.02. The van der Waals surface area contributed by atoms with Gasteiger partial charge in [-0.15, -0.1) is 11.3 Å². The molecule has 0 saturated carbocycles. The topological polar surface area (TPSA) is 68.0 Å². The van der Waals surface area contributed by atoms with Crippen molar-refractivity contribution in [2.24, 2.45) is 5.73 Å². The number of unbranched alkanes of at least 4 members (excludes halogenated alkanes) is 1. The zero-order valence-electron chi connectivity index (χ0n) is 11.2. The standard InChI is InChI=1S/C14H15F2N3OS/c15-9-4-3-5-10(16)12(9)14-19-11(8-21-14)13(20)18-7-2-1-6-17/h3-5,8H,1-2,6-7,17H2,(H,18,20). The summed E-state index contributed by atoms with van der Waals surface area (Å²) < 4.78 is 27.3. The molecule has 2 aromatic rings. The van der Waals surface area contributed by atoms with Crippen molar-refractivity contribution in [3.05, 3.63) is 40.9 Å². The summed E-state index contributed by atoms with van der Waals surface area (Å²) in [6, 6.07) is 3.60. The van der Waals surface area contributed by atoms with Crippen molar-refractivity contribution in [2.75, 3.05) is 13.1 Å². The first-order valence-electron chi connectivity index (χ1n) is 6.51. The highest BCUT2D eigenvalue weighted by Crippen LogP contribution is 2.28. The van der Waals surface area contributed by atoms with Gasteiger partial charge in [-0.3, -0.25) is 4.79 Å². The molecule has 0 radical (unpaired) electrons. The summed E-state index contributed by atoms with van der Waals surface area (Å²) in [4.78, 5) is 15.8. The van der Waals surface area contributed by atoms with Crippen molar-refractivity contribution in [3.8, 4) is 10.6 Å². The Morgan fingerprint density at radius 2 is 2.00 bits per heavy atom. The number of carbonyl (C=O) groups is 1. The number of benzene rings is 1. The minimum absolute atomic E-state index is 0.151. The van der Waals surface area contributed by atoms with Crippen LogP contribution in [0, 0.1) is 11.6 Å². The summed E-state index contributed by atoms with van der Waals surface area (Å²) in [6.07, 6.45) is 1.60. The largest absolute Gasteiger partial charge is 0.351 e. The Labute approximate surface area is 125 Å². The van der Waals surface area contributed by atoms with Crippen LogP contribution in [0.3, 0.4) is 0 Å². The number of amides is 1. The number of aromatic nitrogens is 1. The first-order chi connectivity index (χ1) is 10.1. The van der Waals surface area contributed by atoms with Gasteiger partial charge in [-0.25, -0.2) is 13.8 Å². The molecular weight excluding hydrogens is 296 g/mol. The molecule has 1 aromatic carbocycles. The second kappa shape index (κ2) is 7.24. The lowest BCUT2D eigenvalue weighted by molar-refractivity contribution is 0.0949. The number of nitrogens with zero attached hydrogens (tertiary/aromatic N) is 1. The number of nitrogens with one attached hydrogen (secondary N) is 1. The van der Waals surface area contributed by atoms with Gasteiger partial charge in [-0.1, -0.05) is 6.07 Å². The van der Waals surface area contributed by atoms with Crippen molar-refractivity contribution in [3.63, 3.8) is 0 Å². The summed E-state index contributed by atoms with van der Waals surface area (Å²) in [5.41, 5.74) is 5.31. The SMILES string of the molecule is NCCCCNC(=O)c1csc(-c2c(F)cccc2F)n1. The van der Waals surface area contributed by atoms with Crippen molar-refractivity contribution in [1.82, 2.24) is 10.3 Å². The zero-order chi connectivity index (χ0) is 15.2. The first-order valence-corrected chi connectivity index (χ1v) is 7.39. The van der Waals surface area contributed by atoms with Crippen LogP contribution in [0.2, 0.25) is 0 Å².